The summed E-state index contributed by atoms with van der Waals surface area (Å²) in [5.41, 5.74) is 1.40. The zero-order valence-electron chi connectivity index (χ0n) is 18.8. The van der Waals surface area contributed by atoms with E-state index < -0.39 is 15.9 Å². The Labute approximate surface area is 208 Å². The lowest BCUT2D eigenvalue weighted by Crippen LogP contribution is -2.41. The molecule has 0 bridgehead atoms. The second kappa shape index (κ2) is 12.5. The van der Waals surface area contributed by atoms with Crippen molar-refractivity contribution in [2.45, 2.75) is 18.4 Å². The molecule has 1 N–H and O–H groups in total. The molecule has 0 aromatic heterocycles. The van der Waals surface area contributed by atoms with E-state index in [9.17, 15) is 13.2 Å². The minimum Gasteiger partial charge on any atom is -0.494 e. The van der Waals surface area contributed by atoms with Gasteiger partial charge >= 0.3 is 0 Å². The van der Waals surface area contributed by atoms with Gasteiger partial charge in [0.25, 0.3) is 10.0 Å². The number of carbonyl (C=O) groups excluding carboxylic acids is 1. The van der Waals surface area contributed by atoms with Crippen molar-refractivity contribution in [3.05, 3.63) is 88.9 Å². The van der Waals surface area contributed by atoms with E-state index in [0.29, 0.717) is 31.3 Å². The zero-order valence-corrected chi connectivity index (χ0v) is 21.2. The smallest absolute Gasteiger partial charge is 0.264 e. The van der Waals surface area contributed by atoms with Crippen LogP contribution >= 0.6 is 15.9 Å². The van der Waals surface area contributed by atoms with Crippen LogP contribution in [-0.4, -0.2) is 40.6 Å². The molecule has 9 heteroatoms. The molecule has 0 atom stereocenters. The first-order chi connectivity index (χ1) is 16.4. The van der Waals surface area contributed by atoms with Crippen molar-refractivity contribution in [2.75, 3.05) is 30.6 Å². The van der Waals surface area contributed by atoms with Crippen molar-refractivity contribution in [3.8, 4) is 5.75 Å². The Kier molecular flexibility index (Phi) is 9.50. The lowest BCUT2D eigenvalue weighted by Gasteiger charge is -2.24. The highest BCUT2D eigenvalue weighted by Crippen LogP contribution is 2.26. The Hall–Kier alpha value is -2.88. The molecular weight excluding hydrogens is 520 g/mol. The molecule has 0 aliphatic carbocycles. The predicted octanol–water partition coefficient (Wildman–Crippen LogP) is 4.38. The normalized spacial score (nSPS) is 11.1. The molecule has 0 spiro atoms. The Morgan fingerprint density at radius 2 is 1.65 bits per heavy atom. The molecule has 7 nitrogen and oxygen atoms in total. The highest BCUT2D eigenvalue weighted by molar-refractivity contribution is 9.10. The average molecular weight is 547 g/mol. The number of hydrogen-bond donors (Lipinski definition) is 1. The highest BCUT2D eigenvalue weighted by atomic mass is 79.9. The van der Waals surface area contributed by atoms with Crippen LogP contribution in [0.1, 0.15) is 12.5 Å². The average Bonchev–Trinajstić information content (AvgIpc) is 2.84. The van der Waals surface area contributed by atoms with E-state index in [1.807, 2.05) is 37.3 Å². The van der Waals surface area contributed by atoms with Crippen LogP contribution in [0.15, 0.2) is 88.2 Å². The Balaban J connectivity index is 1.67. The van der Waals surface area contributed by atoms with Crippen LogP contribution in [0, 0.1) is 0 Å². The van der Waals surface area contributed by atoms with E-state index in [0.717, 1.165) is 14.3 Å². The summed E-state index contributed by atoms with van der Waals surface area (Å²) in [5.74, 6) is 0.185. The third-order valence-electron chi connectivity index (χ3n) is 4.80. The van der Waals surface area contributed by atoms with E-state index in [4.69, 9.17) is 9.47 Å². The SMILES string of the molecule is CCOc1ccc(N(CC(=O)NCCOCc2ccccc2)S(=O)(=O)c2ccc(Br)cc2)cc1. The minimum absolute atomic E-state index is 0.0866. The number of carbonyl (C=O) groups is 1. The van der Waals surface area contributed by atoms with Gasteiger partial charge in [0.05, 0.1) is 30.4 Å². The molecule has 0 aliphatic rings. The quantitative estimate of drug-likeness (QED) is 0.341. The molecule has 0 saturated carbocycles. The van der Waals surface area contributed by atoms with Crippen LogP contribution in [-0.2, 0) is 26.2 Å². The van der Waals surface area contributed by atoms with Crippen molar-refractivity contribution in [1.29, 1.82) is 0 Å². The van der Waals surface area contributed by atoms with Gasteiger partial charge in [-0.2, -0.15) is 0 Å². The molecule has 0 radical (unpaired) electrons. The van der Waals surface area contributed by atoms with Crippen LogP contribution in [0.25, 0.3) is 0 Å². The minimum atomic E-state index is -3.98. The maximum Gasteiger partial charge on any atom is 0.264 e. The highest BCUT2D eigenvalue weighted by Gasteiger charge is 2.27. The second-order valence-corrected chi connectivity index (χ2v) is 10.1. The third-order valence-corrected chi connectivity index (χ3v) is 7.12. The number of sulfonamides is 1. The molecule has 3 rings (SSSR count). The van der Waals surface area contributed by atoms with Gasteiger partial charge in [0, 0.05) is 11.0 Å². The monoisotopic (exact) mass is 546 g/mol. The number of nitrogens with one attached hydrogen (secondary N) is 1. The van der Waals surface area contributed by atoms with Crippen molar-refractivity contribution >= 4 is 37.5 Å². The van der Waals surface area contributed by atoms with Crippen LogP contribution in [0.4, 0.5) is 5.69 Å². The summed E-state index contributed by atoms with van der Waals surface area (Å²) in [7, 11) is -3.98. The first-order valence-corrected chi connectivity index (χ1v) is 13.0. The summed E-state index contributed by atoms with van der Waals surface area (Å²) in [6, 6.07) is 22.6. The fraction of sp³-hybridized carbons (Fsp3) is 0.240. The molecule has 0 saturated heterocycles. The van der Waals surface area contributed by atoms with Gasteiger partial charge in [-0.1, -0.05) is 46.3 Å². The number of ether oxygens (including phenoxy) is 2. The van der Waals surface area contributed by atoms with Crippen molar-refractivity contribution < 1.29 is 22.7 Å². The zero-order chi connectivity index (χ0) is 24.4. The van der Waals surface area contributed by atoms with Crippen LogP contribution in [0.2, 0.25) is 0 Å². The van der Waals surface area contributed by atoms with E-state index in [2.05, 4.69) is 21.2 Å². The number of rotatable bonds is 12. The summed E-state index contributed by atoms with van der Waals surface area (Å²) in [5, 5.41) is 2.73. The summed E-state index contributed by atoms with van der Waals surface area (Å²) in [6.45, 7) is 3.00. The molecule has 180 valence electrons. The maximum atomic E-state index is 13.4. The van der Waals surface area contributed by atoms with Crippen LogP contribution in [0.3, 0.4) is 0 Å². The number of halogens is 1. The third kappa shape index (κ3) is 7.31. The van der Waals surface area contributed by atoms with Crippen molar-refractivity contribution in [2.24, 2.45) is 0 Å². The van der Waals surface area contributed by atoms with E-state index in [-0.39, 0.29) is 18.0 Å². The summed E-state index contributed by atoms with van der Waals surface area (Å²) in [4.78, 5) is 12.7. The molecule has 0 unspecified atom stereocenters. The number of amides is 1. The van der Waals surface area contributed by atoms with Gasteiger partial charge in [0.2, 0.25) is 5.91 Å². The van der Waals surface area contributed by atoms with Gasteiger partial charge < -0.3 is 14.8 Å². The fourth-order valence-electron chi connectivity index (χ4n) is 3.14. The molecule has 34 heavy (non-hydrogen) atoms. The summed E-state index contributed by atoms with van der Waals surface area (Å²) >= 11 is 3.31. The van der Waals surface area contributed by atoms with Crippen molar-refractivity contribution in [1.82, 2.24) is 5.32 Å². The Morgan fingerprint density at radius 3 is 2.29 bits per heavy atom. The summed E-state index contributed by atoms with van der Waals surface area (Å²) in [6.07, 6.45) is 0. The van der Waals surface area contributed by atoms with Gasteiger partial charge in [-0.15, -0.1) is 0 Å². The van der Waals surface area contributed by atoms with E-state index in [1.54, 1.807) is 36.4 Å². The second-order valence-electron chi connectivity index (χ2n) is 7.28. The molecule has 3 aromatic rings. The van der Waals surface area contributed by atoms with Gasteiger partial charge in [0.15, 0.2) is 0 Å². The number of anilines is 1. The standard InChI is InChI=1S/C25H27BrN2O5S/c1-2-33-23-12-10-22(11-13-23)28(34(30,31)24-14-8-21(26)9-15-24)18-25(29)27-16-17-32-19-20-6-4-3-5-7-20/h3-15H,2,16-19H2,1H3,(H,27,29). The number of nitrogens with zero attached hydrogens (tertiary/aromatic N) is 1. The van der Waals surface area contributed by atoms with Crippen molar-refractivity contribution in [3.63, 3.8) is 0 Å². The van der Waals surface area contributed by atoms with E-state index >= 15 is 0 Å². The Morgan fingerprint density at radius 1 is 0.971 bits per heavy atom. The maximum absolute atomic E-state index is 13.4. The van der Waals surface area contributed by atoms with Gasteiger partial charge in [-0.3, -0.25) is 9.10 Å². The van der Waals surface area contributed by atoms with Crippen LogP contribution in [0.5, 0.6) is 5.75 Å². The predicted molar refractivity (Wildman–Crippen MR) is 135 cm³/mol. The van der Waals surface area contributed by atoms with Crippen LogP contribution < -0.4 is 14.4 Å². The van der Waals surface area contributed by atoms with Gasteiger partial charge in [0.1, 0.15) is 12.3 Å². The fourth-order valence-corrected chi connectivity index (χ4v) is 4.82. The molecule has 0 heterocycles. The molecule has 0 aliphatic heterocycles. The topological polar surface area (TPSA) is 84.9 Å². The molecular formula is C25H27BrN2O5S. The first kappa shape index (κ1) is 25.7. The molecule has 1 amide bonds. The first-order valence-electron chi connectivity index (χ1n) is 10.8. The lowest BCUT2D eigenvalue weighted by atomic mass is 10.2. The van der Waals surface area contributed by atoms with E-state index in [1.165, 1.54) is 12.1 Å². The van der Waals surface area contributed by atoms with Gasteiger partial charge in [-0.05, 0) is 61.0 Å². The molecule has 0 fully saturated rings. The number of benzene rings is 3. The lowest BCUT2D eigenvalue weighted by molar-refractivity contribution is -0.119. The largest absolute Gasteiger partial charge is 0.494 e. The molecule has 3 aromatic carbocycles. The summed E-state index contributed by atoms with van der Waals surface area (Å²) < 4.78 is 39.7. The van der Waals surface area contributed by atoms with Gasteiger partial charge in [-0.25, -0.2) is 8.42 Å². The Bertz CT molecular complexity index is 1150. The number of hydrogen-bond acceptors (Lipinski definition) is 5.